The summed E-state index contributed by atoms with van der Waals surface area (Å²) in [6.07, 6.45) is 0. The Morgan fingerprint density at radius 1 is 1.54 bits per heavy atom. The van der Waals surface area contributed by atoms with Gasteiger partial charge in [-0.1, -0.05) is 11.6 Å². The molecule has 13 heavy (non-hydrogen) atoms. The second-order valence-corrected chi connectivity index (χ2v) is 3.28. The molecule has 1 unspecified atom stereocenters. The first-order valence-corrected chi connectivity index (χ1v) is 4.22. The quantitative estimate of drug-likeness (QED) is 0.640. The first kappa shape index (κ1) is 8.26. The molecule has 0 aromatic heterocycles. The summed E-state index contributed by atoms with van der Waals surface area (Å²) >= 11 is 0. The Hall–Kier alpha value is -1.35. The van der Waals surface area contributed by atoms with E-state index in [0.29, 0.717) is 11.3 Å². The Labute approximate surface area is 76.5 Å². The molecule has 2 rings (SSSR count). The molecule has 1 aliphatic rings. The summed E-state index contributed by atoms with van der Waals surface area (Å²) < 4.78 is 5.32. The minimum Gasteiger partial charge on any atom is -0.491 e. The van der Waals surface area contributed by atoms with E-state index in [1.54, 1.807) is 0 Å². The topological polar surface area (TPSA) is 52.3 Å². The SMILES string of the molecule is Cc1ccc2c(c1)C(=O)C(N)CO2. The van der Waals surface area contributed by atoms with Crippen LogP contribution in [0.15, 0.2) is 18.2 Å². The zero-order valence-corrected chi connectivity index (χ0v) is 7.41. The summed E-state index contributed by atoms with van der Waals surface area (Å²) in [6, 6.07) is 5.04. The van der Waals surface area contributed by atoms with Gasteiger partial charge < -0.3 is 10.5 Å². The molecular weight excluding hydrogens is 166 g/mol. The van der Waals surface area contributed by atoms with Crippen LogP contribution in [0.25, 0.3) is 0 Å². The third-order valence-corrected chi connectivity index (χ3v) is 2.16. The smallest absolute Gasteiger partial charge is 0.186 e. The molecule has 3 nitrogen and oxygen atoms in total. The summed E-state index contributed by atoms with van der Waals surface area (Å²) in [5.41, 5.74) is 7.22. The number of hydrogen-bond donors (Lipinski definition) is 1. The van der Waals surface area contributed by atoms with Crippen molar-refractivity contribution in [2.75, 3.05) is 6.61 Å². The molecule has 2 N–H and O–H groups in total. The fourth-order valence-electron chi connectivity index (χ4n) is 1.42. The second kappa shape index (κ2) is 2.85. The van der Waals surface area contributed by atoms with Crippen molar-refractivity contribution in [1.29, 1.82) is 0 Å². The third kappa shape index (κ3) is 1.31. The van der Waals surface area contributed by atoms with Crippen LogP contribution in [0.1, 0.15) is 15.9 Å². The van der Waals surface area contributed by atoms with Gasteiger partial charge in [0.15, 0.2) is 5.78 Å². The molecule has 0 aliphatic carbocycles. The van der Waals surface area contributed by atoms with Gasteiger partial charge in [-0.05, 0) is 19.1 Å². The van der Waals surface area contributed by atoms with Crippen LogP contribution >= 0.6 is 0 Å². The molecule has 68 valence electrons. The lowest BCUT2D eigenvalue weighted by Gasteiger charge is -2.21. The number of carbonyl (C=O) groups is 1. The number of nitrogens with two attached hydrogens (primary N) is 1. The minimum absolute atomic E-state index is 0.0232. The van der Waals surface area contributed by atoms with Gasteiger partial charge in [-0.15, -0.1) is 0 Å². The molecule has 0 bridgehead atoms. The van der Waals surface area contributed by atoms with E-state index in [-0.39, 0.29) is 12.4 Å². The normalized spacial score (nSPS) is 20.8. The number of rotatable bonds is 0. The van der Waals surface area contributed by atoms with Crippen molar-refractivity contribution in [1.82, 2.24) is 0 Å². The molecule has 1 aromatic carbocycles. The molecule has 3 heteroatoms. The highest BCUT2D eigenvalue weighted by Gasteiger charge is 2.25. The molecule has 0 saturated carbocycles. The Bertz CT molecular complexity index is 360. The van der Waals surface area contributed by atoms with E-state index >= 15 is 0 Å². The second-order valence-electron chi connectivity index (χ2n) is 3.28. The van der Waals surface area contributed by atoms with E-state index in [9.17, 15) is 4.79 Å². The third-order valence-electron chi connectivity index (χ3n) is 2.16. The van der Waals surface area contributed by atoms with Crippen molar-refractivity contribution in [2.45, 2.75) is 13.0 Å². The van der Waals surface area contributed by atoms with Gasteiger partial charge in [0, 0.05) is 0 Å². The summed E-state index contributed by atoms with van der Waals surface area (Å²) in [7, 11) is 0. The van der Waals surface area contributed by atoms with Crippen LogP contribution in [0.4, 0.5) is 0 Å². The summed E-state index contributed by atoms with van der Waals surface area (Å²) in [5, 5.41) is 0. The van der Waals surface area contributed by atoms with Crippen molar-refractivity contribution in [2.24, 2.45) is 5.73 Å². The van der Waals surface area contributed by atoms with E-state index in [1.165, 1.54) is 0 Å². The molecule has 0 amide bonds. The van der Waals surface area contributed by atoms with Crippen molar-refractivity contribution in [3.05, 3.63) is 29.3 Å². The zero-order chi connectivity index (χ0) is 9.42. The summed E-state index contributed by atoms with van der Waals surface area (Å²) in [4.78, 5) is 11.6. The number of aryl methyl sites for hydroxylation is 1. The molecular formula is C10H11NO2. The lowest BCUT2D eigenvalue weighted by atomic mass is 10.00. The molecule has 0 spiro atoms. The standard InChI is InChI=1S/C10H11NO2/c1-6-2-3-9-7(4-6)10(12)8(11)5-13-9/h2-4,8H,5,11H2,1H3. The molecule has 0 radical (unpaired) electrons. The Balaban J connectivity index is 2.51. The molecule has 0 saturated heterocycles. The van der Waals surface area contributed by atoms with Crippen molar-refractivity contribution in [3.8, 4) is 5.75 Å². The molecule has 1 heterocycles. The van der Waals surface area contributed by atoms with Crippen molar-refractivity contribution < 1.29 is 9.53 Å². The van der Waals surface area contributed by atoms with Gasteiger partial charge in [0.05, 0.1) is 5.56 Å². The number of benzene rings is 1. The number of fused-ring (bicyclic) bond motifs is 1. The van der Waals surface area contributed by atoms with Gasteiger partial charge in [-0.3, -0.25) is 4.79 Å². The highest BCUT2D eigenvalue weighted by atomic mass is 16.5. The van der Waals surface area contributed by atoms with Gasteiger partial charge in [0.2, 0.25) is 0 Å². The first-order valence-electron chi connectivity index (χ1n) is 4.22. The van der Waals surface area contributed by atoms with Gasteiger partial charge in [0.1, 0.15) is 18.4 Å². The summed E-state index contributed by atoms with van der Waals surface area (Å²) in [5.74, 6) is 0.627. The number of hydrogen-bond acceptors (Lipinski definition) is 3. The first-order chi connectivity index (χ1) is 6.18. The highest BCUT2D eigenvalue weighted by Crippen LogP contribution is 2.24. The monoisotopic (exact) mass is 177 g/mol. The molecule has 0 fully saturated rings. The van der Waals surface area contributed by atoms with Crippen LogP contribution in [0.3, 0.4) is 0 Å². The summed E-state index contributed by atoms with van der Waals surface area (Å²) in [6.45, 7) is 2.22. The van der Waals surface area contributed by atoms with Gasteiger partial charge in [0.25, 0.3) is 0 Å². The zero-order valence-electron chi connectivity index (χ0n) is 7.41. The number of carbonyl (C=O) groups excluding carboxylic acids is 1. The maximum Gasteiger partial charge on any atom is 0.186 e. The van der Waals surface area contributed by atoms with E-state index in [4.69, 9.17) is 10.5 Å². The Morgan fingerprint density at radius 2 is 2.31 bits per heavy atom. The highest BCUT2D eigenvalue weighted by molar-refractivity contribution is 6.03. The van der Waals surface area contributed by atoms with Crippen LogP contribution in [0, 0.1) is 6.92 Å². The maximum atomic E-state index is 11.6. The minimum atomic E-state index is -0.505. The molecule has 1 aliphatic heterocycles. The van der Waals surface area contributed by atoms with Crippen LogP contribution in [0.5, 0.6) is 5.75 Å². The van der Waals surface area contributed by atoms with E-state index < -0.39 is 6.04 Å². The fraction of sp³-hybridized carbons (Fsp3) is 0.300. The van der Waals surface area contributed by atoms with Gasteiger partial charge in [-0.2, -0.15) is 0 Å². The van der Waals surface area contributed by atoms with Crippen molar-refractivity contribution >= 4 is 5.78 Å². The number of ketones is 1. The predicted octanol–water partition coefficient (Wildman–Crippen LogP) is 0.897. The van der Waals surface area contributed by atoms with Crippen molar-refractivity contribution in [3.63, 3.8) is 0 Å². The molecule has 1 atom stereocenters. The van der Waals surface area contributed by atoms with Gasteiger partial charge in [-0.25, -0.2) is 0 Å². The van der Waals surface area contributed by atoms with E-state index in [1.807, 2.05) is 25.1 Å². The fourth-order valence-corrected chi connectivity index (χ4v) is 1.42. The van der Waals surface area contributed by atoms with Crippen LogP contribution in [-0.4, -0.2) is 18.4 Å². The lowest BCUT2D eigenvalue weighted by Crippen LogP contribution is -2.40. The average molecular weight is 177 g/mol. The van der Waals surface area contributed by atoms with Crippen LogP contribution in [0.2, 0.25) is 0 Å². The Kier molecular flexibility index (Phi) is 1.81. The van der Waals surface area contributed by atoms with Gasteiger partial charge >= 0.3 is 0 Å². The van der Waals surface area contributed by atoms with Crippen LogP contribution < -0.4 is 10.5 Å². The van der Waals surface area contributed by atoms with Crippen LogP contribution in [-0.2, 0) is 0 Å². The lowest BCUT2D eigenvalue weighted by molar-refractivity contribution is 0.0899. The average Bonchev–Trinajstić information content (AvgIpc) is 2.12. The predicted molar refractivity (Wildman–Crippen MR) is 49.0 cm³/mol. The maximum absolute atomic E-state index is 11.6. The molecule has 1 aromatic rings. The largest absolute Gasteiger partial charge is 0.491 e. The van der Waals surface area contributed by atoms with E-state index in [0.717, 1.165) is 5.56 Å². The number of ether oxygens (including phenoxy) is 1. The Morgan fingerprint density at radius 3 is 3.08 bits per heavy atom. The van der Waals surface area contributed by atoms with E-state index in [2.05, 4.69) is 0 Å². The number of Topliss-reactive ketones (excluding diaryl/α,β-unsaturated/α-hetero) is 1.